The Morgan fingerprint density at radius 1 is 0.929 bits per heavy atom. The second-order valence-corrected chi connectivity index (χ2v) is 10.2. The first kappa shape index (κ1) is 21.6. The Bertz CT molecular complexity index is 1170. The predicted octanol–water partition coefficient (Wildman–Crippen LogP) is 1.85. The molecular formula is C19H20N2O5S2. The summed E-state index contributed by atoms with van der Waals surface area (Å²) in [4.78, 5) is 11.1. The van der Waals surface area contributed by atoms with Crippen molar-refractivity contribution in [1.82, 2.24) is 4.72 Å². The van der Waals surface area contributed by atoms with Crippen LogP contribution in [0.4, 0.5) is 0 Å². The zero-order chi connectivity index (χ0) is 21.2. The van der Waals surface area contributed by atoms with Crippen molar-refractivity contribution in [3.05, 3.63) is 59.7 Å². The molecule has 0 aliphatic rings. The van der Waals surface area contributed by atoms with E-state index in [-0.39, 0.29) is 11.0 Å². The molecule has 0 unspecified atom stereocenters. The Morgan fingerprint density at radius 2 is 1.46 bits per heavy atom. The molecule has 0 spiro atoms. The first-order valence-electron chi connectivity index (χ1n) is 8.12. The quantitative estimate of drug-likeness (QED) is 0.731. The maximum absolute atomic E-state index is 12.5. The van der Waals surface area contributed by atoms with E-state index in [0.29, 0.717) is 5.56 Å². The lowest BCUT2D eigenvalue weighted by Gasteiger charge is -2.10. The number of primary sulfonamides is 1. The van der Waals surface area contributed by atoms with Gasteiger partial charge in [0.15, 0.2) is 0 Å². The van der Waals surface area contributed by atoms with Crippen LogP contribution in [0.2, 0.25) is 0 Å². The third kappa shape index (κ3) is 5.66. The van der Waals surface area contributed by atoms with Gasteiger partial charge in [0.25, 0.3) is 15.9 Å². The van der Waals surface area contributed by atoms with Crippen LogP contribution in [-0.2, 0) is 20.0 Å². The topological polar surface area (TPSA) is 123 Å². The Kier molecular flexibility index (Phi) is 5.99. The molecule has 28 heavy (non-hydrogen) atoms. The van der Waals surface area contributed by atoms with Crippen molar-refractivity contribution in [2.75, 3.05) is 0 Å². The summed E-state index contributed by atoms with van der Waals surface area (Å²) in [5.41, 5.74) is 0.577. The standard InChI is InChI=1S/C19H20N2O5S2/c1-19(2,3)13-12-14-8-10-15(11-9-14)18(22)21-28(25,26)17-7-5-4-6-16(17)27(20,23)24/h4-11H,1-3H3,(H,21,22)(H2,20,23,24). The summed E-state index contributed by atoms with van der Waals surface area (Å²) in [5.74, 6) is 5.12. The molecule has 0 aromatic heterocycles. The van der Waals surface area contributed by atoms with E-state index in [1.165, 1.54) is 24.3 Å². The second kappa shape index (κ2) is 7.75. The number of nitrogens with two attached hydrogens (primary N) is 1. The highest BCUT2D eigenvalue weighted by atomic mass is 32.2. The van der Waals surface area contributed by atoms with E-state index in [2.05, 4.69) is 11.8 Å². The molecule has 0 aliphatic carbocycles. The molecule has 0 bridgehead atoms. The van der Waals surface area contributed by atoms with Crippen molar-refractivity contribution in [3.63, 3.8) is 0 Å². The summed E-state index contributed by atoms with van der Waals surface area (Å²) in [7, 11) is -8.73. The van der Waals surface area contributed by atoms with Gasteiger partial charge in [-0.15, -0.1) is 0 Å². The molecule has 0 atom stereocenters. The number of carbonyl (C=O) groups is 1. The lowest BCUT2D eigenvalue weighted by Crippen LogP contribution is -2.32. The van der Waals surface area contributed by atoms with Crippen LogP contribution in [0, 0.1) is 17.3 Å². The van der Waals surface area contributed by atoms with Crippen molar-refractivity contribution in [2.45, 2.75) is 30.6 Å². The summed E-state index contributed by atoms with van der Waals surface area (Å²) >= 11 is 0. The summed E-state index contributed by atoms with van der Waals surface area (Å²) in [5, 5.41) is 5.05. The fourth-order valence-electron chi connectivity index (χ4n) is 2.11. The largest absolute Gasteiger partial charge is 0.268 e. The first-order valence-corrected chi connectivity index (χ1v) is 11.1. The molecule has 0 saturated carbocycles. The summed E-state index contributed by atoms with van der Waals surface area (Å²) in [6, 6.07) is 10.8. The summed E-state index contributed by atoms with van der Waals surface area (Å²) in [6.07, 6.45) is 0. The maximum atomic E-state index is 12.5. The Balaban J connectivity index is 2.29. The van der Waals surface area contributed by atoms with Gasteiger partial charge in [-0.2, -0.15) is 0 Å². The molecule has 0 radical (unpaired) electrons. The van der Waals surface area contributed by atoms with E-state index in [9.17, 15) is 21.6 Å². The Labute approximate surface area is 165 Å². The summed E-state index contributed by atoms with van der Waals surface area (Å²) < 4.78 is 50.1. The minimum absolute atomic E-state index is 0.0815. The molecule has 2 rings (SSSR count). The fourth-order valence-corrected chi connectivity index (χ4v) is 4.46. The lowest BCUT2D eigenvalue weighted by atomic mass is 9.97. The van der Waals surface area contributed by atoms with Gasteiger partial charge < -0.3 is 0 Å². The van der Waals surface area contributed by atoms with Gasteiger partial charge in [0.1, 0.15) is 9.79 Å². The number of sulfonamides is 2. The van der Waals surface area contributed by atoms with Crippen molar-refractivity contribution < 1.29 is 21.6 Å². The van der Waals surface area contributed by atoms with E-state index >= 15 is 0 Å². The molecule has 0 fully saturated rings. The van der Waals surface area contributed by atoms with E-state index in [1.807, 2.05) is 25.5 Å². The minimum atomic E-state index is -4.45. The van der Waals surface area contributed by atoms with Gasteiger partial charge in [0.05, 0.1) is 0 Å². The number of carbonyl (C=O) groups excluding carboxylic acids is 1. The van der Waals surface area contributed by atoms with Gasteiger partial charge in [-0.05, 0) is 57.2 Å². The average molecular weight is 421 g/mol. The highest BCUT2D eigenvalue weighted by Crippen LogP contribution is 2.19. The smallest absolute Gasteiger partial charge is 0.265 e. The first-order chi connectivity index (χ1) is 12.8. The molecule has 9 heteroatoms. The summed E-state index contributed by atoms with van der Waals surface area (Å²) in [6.45, 7) is 5.89. The number of hydrogen-bond acceptors (Lipinski definition) is 5. The third-order valence-corrected chi connectivity index (χ3v) is 5.89. The molecule has 0 heterocycles. The zero-order valence-electron chi connectivity index (χ0n) is 15.6. The van der Waals surface area contributed by atoms with Crippen LogP contribution in [0.5, 0.6) is 0 Å². The van der Waals surface area contributed by atoms with Gasteiger partial charge >= 0.3 is 0 Å². The predicted molar refractivity (Wildman–Crippen MR) is 105 cm³/mol. The van der Waals surface area contributed by atoms with Gasteiger partial charge in [-0.25, -0.2) is 26.7 Å². The number of benzene rings is 2. The second-order valence-electron chi connectivity index (χ2n) is 7.00. The van der Waals surface area contributed by atoms with Crippen LogP contribution in [0.25, 0.3) is 0 Å². The van der Waals surface area contributed by atoms with E-state index in [1.54, 1.807) is 12.1 Å². The van der Waals surface area contributed by atoms with Crippen LogP contribution in [0.3, 0.4) is 0 Å². The Morgan fingerprint density at radius 3 is 1.96 bits per heavy atom. The van der Waals surface area contributed by atoms with Crippen LogP contribution in [-0.4, -0.2) is 22.7 Å². The SMILES string of the molecule is CC(C)(C)C#Cc1ccc(C(=O)NS(=O)(=O)c2ccccc2S(N)(=O)=O)cc1. The van der Waals surface area contributed by atoms with Crippen molar-refractivity contribution in [2.24, 2.45) is 10.6 Å². The van der Waals surface area contributed by atoms with Crippen LogP contribution in [0.1, 0.15) is 36.7 Å². The minimum Gasteiger partial charge on any atom is -0.268 e. The highest BCUT2D eigenvalue weighted by molar-refractivity contribution is 7.92. The Hall–Kier alpha value is -2.67. The van der Waals surface area contributed by atoms with Gasteiger partial charge in [0, 0.05) is 16.5 Å². The number of rotatable bonds is 4. The van der Waals surface area contributed by atoms with E-state index in [0.717, 1.165) is 12.1 Å². The monoisotopic (exact) mass is 420 g/mol. The lowest BCUT2D eigenvalue weighted by molar-refractivity contribution is 0.0981. The van der Waals surface area contributed by atoms with Crippen LogP contribution >= 0.6 is 0 Å². The van der Waals surface area contributed by atoms with Crippen LogP contribution in [0.15, 0.2) is 58.3 Å². The molecule has 7 nitrogen and oxygen atoms in total. The zero-order valence-corrected chi connectivity index (χ0v) is 17.2. The number of nitrogens with one attached hydrogen (secondary N) is 1. The molecule has 1 amide bonds. The van der Waals surface area contributed by atoms with Crippen molar-refractivity contribution in [3.8, 4) is 11.8 Å². The maximum Gasteiger partial charge on any atom is 0.265 e. The van der Waals surface area contributed by atoms with Crippen molar-refractivity contribution >= 4 is 26.0 Å². The third-order valence-electron chi connectivity index (χ3n) is 3.40. The average Bonchev–Trinajstić information content (AvgIpc) is 2.58. The molecule has 2 aromatic rings. The molecule has 3 N–H and O–H groups in total. The van der Waals surface area contributed by atoms with E-state index < -0.39 is 35.7 Å². The fraction of sp³-hybridized carbons (Fsp3) is 0.211. The molecular weight excluding hydrogens is 400 g/mol. The van der Waals surface area contributed by atoms with Crippen LogP contribution < -0.4 is 9.86 Å². The van der Waals surface area contributed by atoms with Gasteiger partial charge in [-0.1, -0.05) is 24.0 Å². The molecule has 0 aliphatic heterocycles. The van der Waals surface area contributed by atoms with Gasteiger partial charge in [0.2, 0.25) is 10.0 Å². The normalized spacial score (nSPS) is 12.0. The number of hydrogen-bond donors (Lipinski definition) is 2. The van der Waals surface area contributed by atoms with E-state index in [4.69, 9.17) is 5.14 Å². The number of amides is 1. The highest BCUT2D eigenvalue weighted by Gasteiger charge is 2.26. The molecule has 0 saturated heterocycles. The van der Waals surface area contributed by atoms with Gasteiger partial charge in [-0.3, -0.25) is 4.79 Å². The molecule has 148 valence electrons. The van der Waals surface area contributed by atoms with Crippen molar-refractivity contribution in [1.29, 1.82) is 0 Å². The molecule has 2 aromatic carbocycles.